The molecule has 0 aromatic rings. The highest BCUT2D eigenvalue weighted by Gasteiger charge is 2.43. The molecule has 3 atom stereocenters. The third-order valence-corrected chi connectivity index (χ3v) is 4.48. The Balaban J connectivity index is 1.99. The van der Waals surface area contributed by atoms with Crippen molar-refractivity contribution in [2.24, 2.45) is 11.7 Å². The van der Waals surface area contributed by atoms with E-state index in [1.807, 2.05) is 11.2 Å². The molecule has 2 heterocycles. The molecule has 0 spiro atoms. The van der Waals surface area contributed by atoms with Gasteiger partial charge in [0, 0.05) is 13.1 Å². The molecule has 2 rings (SSSR count). The third kappa shape index (κ3) is 2.64. The van der Waals surface area contributed by atoms with Crippen LogP contribution in [0.2, 0.25) is 0 Å². The van der Waals surface area contributed by atoms with Crippen LogP contribution in [0.3, 0.4) is 0 Å². The normalized spacial score (nSPS) is 28.8. The van der Waals surface area contributed by atoms with E-state index in [9.17, 15) is 9.59 Å². The van der Waals surface area contributed by atoms with Gasteiger partial charge in [-0.2, -0.15) is 11.8 Å². The van der Waals surface area contributed by atoms with Crippen molar-refractivity contribution in [2.75, 3.05) is 25.1 Å². The maximum Gasteiger partial charge on any atom is 0.239 e. The van der Waals surface area contributed by atoms with Crippen LogP contribution in [0, 0.1) is 5.92 Å². The molecule has 2 fully saturated rings. The molecule has 0 radical (unpaired) electrons. The lowest BCUT2D eigenvalue weighted by Crippen LogP contribution is -2.54. The first-order valence-corrected chi connectivity index (χ1v) is 7.87. The summed E-state index contributed by atoms with van der Waals surface area (Å²) in [5.41, 5.74) is 5.94. The zero-order valence-corrected chi connectivity index (χ0v) is 11.5. The highest BCUT2D eigenvalue weighted by atomic mass is 32.2. The maximum absolute atomic E-state index is 12.3. The number of nitrogens with one attached hydrogen (secondary N) is 1. The number of amides is 2. The van der Waals surface area contributed by atoms with Crippen molar-refractivity contribution in [1.29, 1.82) is 0 Å². The van der Waals surface area contributed by atoms with Gasteiger partial charge >= 0.3 is 0 Å². The van der Waals surface area contributed by atoms with Crippen molar-refractivity contribution >= 4 is 23.6 Å². The van der Waals surface area contributed by atoms with Gasteiger partial charge in [0.1, 0.15) is 0 Å². The molecule has 5 nitrogen and oxygen atoms in total. The van der Waals surface area contributed by atoms with Crippen LogP contribution in [0.25, 0.3) is 0 Å². The van der Waals surface area contributed by atoms with Crippen LogP contribution in [0.5, 0.6) is 0 Å². The second kappa shape index (κ2) is 5.93. The first kappa shape index (κ1) is 13.7. The molecule has 102 valence electrons. The number of piperidine rings is 1. The van der Waals surface area contributed by atoms with Gasteiger partial charge in [-0.15, -0.1) is 0 Å². The minimum atomic E-state index is -0.424. The van der Waals surface area contributed by atoms with Crippen molar-refractivity contribution in [3.8, 4) is 0 Å². The molecule has 0 saturated carbocycles. The van der Waals surface area contributed by atoms with Gasteiger partial charge in [0.25, 0.3) is 0 Å². The molecule has 2 amide bonds. The Morgan fingerprint density at radius 1 is 1.67 bits per heavy atom. The van der Waals surface area contributed by atoms with Gasteiger partial charge in [-0.05, 0) is 31.3 Å². The lowest BCUT2D eigenvalue weighted by atomic mass is 9.91. The zero-order chi connectivity index (χ0) is 13.1. The SMILES string of the molecule is CSCC[C@@H](N)C(=O)N1CCCC2C(=O)NCC21. The second-order valence-corrected chi connectivity index (χ2v) is 5.97. The number of likely N-dealkylation sites (tertiary alicyclic amines) is 1. The monoisotopic (exact) mass is 271 g/mol. The molecule has 2 aliphatic rings. The van der Waals surface area contributed by atoms with Crippen LogP contribution in [-0.4, -0.2) is 53.9 Å². The van der Waals surface area contributed by atoms with Gasteiger partial charge in [0.15, 0.2) is 0 Å². The highest BCUT2D eigenvalue weighted by molar-refractivity contribution is 7.98. The number of nitrogens with zero attached hydrogens (tertiary/aromatic N) is 1. The fourth-order valence-corrected chi connectivity index (χ4v) is 3.30. The van der Waals surface area contributed by atoms with Crippen LogP contribution < -0.4 is 11.1 Å². The molecule has 2 aliphatic heterocycles. The molecule has 3 N–H and O–H groups in total. The number of hydrogen-bond donors (Lipinski definition) is 2. The van der Waals surface area contributed by atoms with Gasteiger partial charge in [-0.3, -0.25) is 9.59 Å². The summed E-state index contributed by atoms with van der Waals surface area (Å²) in [6, 6.07) is -0.397. The van der Waals surface area contributed by atoms with E-state index in [2.05, 4.69) is 5.32 Å². The number of fused-ring (bicyclic) bond motifs is 1. The van der Waals surface area contributed by atoms with Crippen LogP contribution in [0.1, 0.15) is 19.3 Å². The largest absolute Gasteiger partial charge is 0.354 e. The maximum atomic E-state index is 12.3. The Hall–Kier alpha value is -0.750. The number of thioether (sulfide) groups is 1. The van der Waals surface area contributed by atoms with Gasteiger partial charge in [-0.25, -0.2) is 0 Å². The highest BCUT2D eigenvalue weighted by Crippen LogP contribution is 2.27. The quantitative estimate of drug-likeness (QED) is 0.743. The molecule has 2 unspecified atom stereocenters. The predicted molar refractivity (Wildman–Crippen MR) is 72.2 cm³/mol. The lowest BCUT2D eigenvalue weighted by molar-refractivity contribution is -0.138. The van der Waals surface area contributed by atoms with Gasteiger partial charge in [-0.1, -0.05) is 0 Å². The van der Waals surface area contributed by atoms with E-state index in [0.717, 1.165) is 25.1 Å². The summed E-state index contributed by atoms with van der Waals surface area (Å²) < 4.78 is 0. The average Bonchev–Trinajstić information content (AvgIpc) is 2.77. The van der Waals surface area contributed by atoms with Crippen molar-refractivity contribution < 1.29 is 9.59 Å². The number of nitrogens with two attached hydrogens (primary N) is 1. The molecule has 6 heteroatoms. The van der Waals surface area contributed by atoms with Crippen LogP contribution in [0.4, 0.5) is 0 Å². The molecule has 0 bridgehead atoms. The van der Waals surface area contributed by atoms with E-state index in [-0.39, 0.29) is 23.8 Å². The van der Waals surface area contributed by atoms with Crippen molar-refractivity contribution in [3.05, 3.63) is 0 Å². The molecular weight excluding hydrogens is 250 g/mol. The fourth-order valence-electron chi connectivity index (χ4n) is 2.81. The number of hydrogen-bond acceptors (Lipinski definition) is 4. The molecule has 0 aliphatic carbocycles. The van der Waals surface area contributed by atoms with E-state index >= 15 is 0 Å². The Morgan fingerprint density at radius 3 is 3.17 bits per heavy atom. The summed E-state index contributed by atoms with van der Waals surface area (Å²) in [5, 5.41) is 2.85. The molecule has 18 heavy (non-hydrogen) atoms. The summed E-state index contributed by atoms with van der Waals surface area (Å²) in [5.74, 6) is 0.979. The topological polar surface area (TPSA) is 75.4 Å². The number of carbonyl (C=O) groups excluding carboxylic acids is 2. The Bertz CT molecular complexity index is 337. The van der Waals surface area contributed by atoms with E-state index in [4.69, 9.17) is 5.73 Å². The predicted octanol–water partition coefficient (Wildman–Crippen LogP) is -0.196. The smallest absolute Gasteiger partial charge is 0.239 e. The minimum Gasteiger partial charge on any atom is -0.354 e. The second-order valence-electron chi connectivity index (χ2n) is 4.98. The summed E-state index contributed by atoms with van der Waals surface area (Å²) in [6.07, 6.45) is 4.50. The fraction of sp³-hybridized carbons (Fsp3) is 0.833. The van der Waals surface area contributed by atoms with Gasteiger partial charge in [0.05, 0.1) is 18.0 Å². The van der Waals surface area contributed by atoms with Gasteiger partial charge in [0.2, 0.25) is 11.8 Å². The minimum absolute atomic E-state index is 0.00949. The molecular formula is C12H21N3O2S. The van der Waals surface area contributed by atoms with E-state index < -0.39 is 6.04 Å². The van der Waals surface area contributed by atoms with Gasteiger partial charge < -0.3 is 16.0 Å². The van der Waals surface area contributed by atoms with Crippen LogP contribution in [0.15, 0.2) is 0 Å². The first-order valence-electron chi connectivity index (χ1n) is 6.48. The van der Waals surface area contributed by atoms with Crippen molar-refractivity contribution in [1.82, 2.24) is 10.2 Å². The molecule has 0 aromatic carbocycles. The standard InChI is InChI=1S/C12H21N3O2S/c1-18-6-4-9(13)12(17)15-5-2-3-8-10(15)7-14-11(8)16/h8-10H,2-7,13H2,1H3,(H,14,16)/t8?,9-,10?/m1/s1. The van der Waals surface area contributed by atoms with Crippen LogP contribution in [-0.2, 0) is 9.59 Å². The summed E-state index contributed by atoms with van der Waals surface area (Å²) in [7, 11) is 0. The van der Waals surface area contributed by atoms with E-state index in [1.54, 1.807) is 11.8 Å². The van der Waals surface area contributed by atoms with E-state index in [1.165, 1.54) is 0 Å². The summed E-state index contributed by atoms with van der Waals surface area (Å²) >= 11 is 1.70. The van der Waals surface area contributed by atoms with Crippen molar-refractivity contribution in [3.63, 3.8) is 0 Å². The van der Waals surface area contributed by atoms with Crippen LogP contribution >= 0.6 is 11.8 Å². The average molecular weight is 271 g/mol. The summed E-state index contributed by atoms with van der Waals surface area (Å²) in [6.45, 7) is 1.33. The lowest BCUT2D eigenvalue weighted by Gasteiger charge is -2.37. The zero-order valence-electron chi connectivity index (χ0n) is 10.7. The first-order chi connectivity index (χ1) is 8.65. The van der Waals surface area contributed by atoms with E-state index in [0.29, 0.717) is 13.0 Å². The Kier molecular flexibility index (Phi) is 4.50. The third-order valence-electron chi connectivity index (χ3n) is 3.83. The number of rotatable bonds is 4. The Morgan fingerprint density at radius 2 is 2.44 bits per heavy atom. The molecule has 0 aromatic heterocycles. The number of carbonyl (C=O) groups is 2. The Labute approximate surface area is 112 Å². The summed E-state index contributed by atoms with van der Waals surface area (Å²) in [4.78, 5) is 25.8. The van der Waals surface area contributed by atoms with Crippen molar-refractivity contribution in [2.45, 2.75) is 31.3 Å². The molecule has 2 saturated heterocycles.